The van der Waals surface area contributed by atoms with Crippen molar-refractivity contribution in [3.05, 3.63) is 65.4 Å². The van der Waals surface area contributed by atoms with E-state index >= 15 is 0 Å². The zero-order chi connectivity index (χ0) is 18.1. The van der Waals surface area contributed by atoms with Gasteiger partial charge in [0.15, 0.2) is 0 Å². The monoisotopic (exact) mass is 348 g/mol. The van der Waals surface area contributed by atoms with Gasteiger partial charge in [-0.1, -0.05) is 24.3 Å². The van der Waals surface area contributed by atoms with Gasteiger partial charge in [-0.05, 0) is 43.2 Å². The number of furan rings is 1. The topological polar surface area (TPSA) is 36.7 Å². The van der Waals surface area contributed by atoms with E-state index in [0.717, 1.165) is 42.7 Å². The second-order valence-electron chi connectivity index (χ2n) is 7.10. The third-order valence-electron chi connectivity index (χ3n) is 5.19. The fraction of sp³-hybridized carbons (Fsp3) is 0.318. The van der Waals surface area contributed by atoms with Crippen molar-refractivity contribution < 1.29 is 9.21 Å². The molecule has 26 heavy (non-hydrogen) atoms. The van der Waals surface area contributed by atoms with Crippen LogP contribution in [0.3, 0.4) is 0 Å². The van der Waals surface area contributed by atoms with Gasteiger partial charge in [-0.2, -0.15) is 0 Å². The lowest BCUT2D eigenvalue weighted by Gasteiger charge is -2.36. The average Bonchev–Trinajstić information content (AvgIpc) is 3.05. The van der Waals surface area contributed by atoms with E-state index in [1.165, 1.54) is 16.8 Å². The summed E-state index contributed by atoms with van der Waals surface area (Å²) in [5.41, 5.74) is 5.45. The fourth-order valence-electron chi connectivity index (χ4n) is 3.88. The van der Waals surface area contributed by atoms with Crippen LogP contribution >= 0.6 is 0 Å². The van der Waals surface area contributed by atoms with Gasteiger partial charge >= 0.3 is 0 Å². The summed E-state index contributed by atoms with van der Waals surface area (Å²) in [7, 11) is 0. The Morgan fingerprint density at radius 3 is 2.50 bits per heavy atom. The molecule has 0 radical (unpaired) electrons. The molecule has 0 saturated carbocycles. The van der Waals surface area contributed by atoms with Crippen molar-refractivity contribution in [2.75, 3.05) is 31.1 Å². The molecule has 134 valence electrons. The van der Waals surface area contributed by atoms with Gasteiger partial charge in [-0.3, -0.25) is 4.79 Å². The molecule has 0 aliphatic carbocycles. The van der Waals surface area contributed by atoms with Crippen molar-refractivity contribution in [1.82, 2.24) is 4.90 Å². The highest BCUT2D eigenvalue weighted by atomic mass is 16.3. The molecule has 0 atom stereocenters. The number of hydrogen-bond donors (Lipinski definition) is 0. The average molecular weight is 348 g/mol. The zero-order valence-electron chi connectivity index (χ0n) is 15.4. The van der Waals surface area contributed by atoms with Crippen molar-refractivity contribution >= 4 is 22.6 Å². The summed E-state index contributed by atoms with van der Waals surface area (Å²) in [6.45, 7) is 7.42. The maximum atomic E-state index is 12.8. The highest BCUT2D eigenvalue weighted by Crippen LogP contribution is 2.27. The van der Waals surface area contributed by atoms with Crippen LogP contribution in [0.4, 0.5) is 5.69 Å². The van der Waals surface area contributed by atoms with Crippen LogP contribution in [0, 0.1) is 13.8 Å². The molecule has 0 unspecified atom stereocenters. The summed E-state index contributed by atoms with van der Waals surface area (Å²) >= 11 is 0. The first kappa shape index (κ1) is 16.7. The zero-order valence-corrected chi connectivity index (χ0v) is 15.4. The summed E-state index contributed by atoms with van der Waals surface area (Å²) in [4.78, 5) is 17.1. The first-order valence-corrected chi connectivity index (χ1v) is 9.17. The Bertz CT molecular complexity index is 922. The lowest BCUT2D eigenvalue weighted by molar-refractivity contribution is -0.130. The van der Waals surface area contributed by atoms with Crippen LogP contribution in [0.1, 0.15) is 16.7 Å². The predicted molar refractivity (Wildman–Crippen MR) is 105 cm³/mol. The van der Waals surface area contributed by atoms with E-state index in [-0.39, 0.29) is 5.91 Å². The van der Waals surface area contributed by atoms with E-state index in [2.05, 4.69) is 49.1 Å². The number of aryl methyl sites for hydroxylation is 2. The minimum atomic E-state index is 0.181. The Hall–Kier alpha value is -2.75. The number of para-hydroxylation sites is 1. The maximum absolute atomic E-state index is 12.8. The third-order valence-corrected chi connectivity index (χ3v) is 5.19. The fourth-order valence-corrected chi connectivity index (χ4v) is 3.88. The van der Waals surface area contributed by atoms with E-state index in [1.54, 1.807) is 6.26 Å². The molecule has 2 aromatic carbocycles. The third kappa shape index (κ3) is 3.19. The highest BCUT2D eigenvalue weighted by Gasteiger charge is 2.22. The van der Waals surface area contributed by atoms with Gasteiger partial charge in [-0.25, -0.2) is 0 Å². The summed E-state index contributed by atoms with van der Waals surface area (Å²) in [5, 5.41) is 1.09. The molecule has 4 rings (SSSR count). The van der Waals surface area contributed by atoms with Crippen molar-refractivity contribution in [3.8, 4) is 0 Å². The minimum absolute atomic E-state index is 0.181. The number of fused-ring (bicyclic) bond motifs is 1. The molecule has 0 N–H and O–H groups in total. The molecular formula is C22H24N2O2. The smallest absolute Gasteiger partial charge is 0.227 e. The Morgan fingerprint density at radius 1 is 1.04 bits per heavy atom. The van der Waals surface area contributed by atoms with Crippen molar-refractivity contribution in [2.24, 2.45) is 0 Å². The van der Waals surface area contributed by atoms with Gasteiger partial charge < -0.3 is 14.2 Å². The van der Waals surface area contributed by atoms with Gasteiger partial charge in [0.05, 0.1) is 12.7 Å². The number of anilines is 1. The molecule has 1 saturated heterocycles. The molecule has 3 aromatic rings. The summed E-state index contributed by atoms with van der Waals surface area (Å²) in [6.07, 6.45) is 2.15. The molecule has 0 bridgehead atoms. The SMILES string of the molecule is Cc1cc(C)c2c(CC(=O)N3CCN(c4ccccc4)CC3)coc2c1. The van der Waals surface area contributed by atoms with Gasteiger partial charge in [0.25, 0.3) is 0 Å². The molecule has 1 fully saturated rings. The number of rotatable bonds is 3. The summed E-state index contributed by atoms with van der Waals surface area (Å²) < 4.78 is 5.69. The lowest BCUT2D eigenvalue weighted by atomic mass is 10.0. The molecule has 1 aliphatic heterocycles. The van der Waals surface area contributed by atoms with Crippen LogP contribution < -0.4 is 4.90 Å². The summed E-state index contributed by atoms with van der Waals surface area (Å²) in [6, 6.07) is 14.6. The van der Waals surface area contributed by atoms with E-state index in [4.69, 9.17) is 4.42 Å². The molecule has 1 amide bonds. The second-order valence-corrected chi connectivity index (χ2v) is 7.10. The van der Waals surface area contributed by atoms with Crippen molar-refractivity contribution in [3.63, 3.8) is 0 Å². The Kier molecular flexibility index (Phi) is 4.41. The predicted octanol–water partition coefficient (Wildman–Crippen LogP) is 3.94. The number of hydrogen-bond acceptors (Lipinski definition) is 3. The van der Waals surface area contributed by atoms with Crippen molar-refractivity contribution in [1.29, 1.82) is 0 Å². The largest absolute Gasteiger partial charge is 0.464 e. The van der Waals surface area contributed by atoms with E-state index in [0.29, 0.717) is 6.42 Å². The molecule has 4 heteroatoms. The van der Waals surface area contributed by atoms with Crippen LogP contribution in [0.2, 0.25) is 0 Å². The number of carbonyl (C=O) groups excluding carboxylic acids is 1. The number of benzene rings is 2. The van der Waals surface area contributed by atoms with Crippen LogP contribution in [0.15, 0.2) is 53.1 Å². The Morgan fingerprint density at radius 2 is 1.77 bits per heavy atom. The Balaban J connectivity index is 1.44. The van der Waals surface area contributed by atoms with Gasteiger partial charge in [0.2, 0.25) is 5.91 Å². The van der Waals surface area contributed by atoms with Gasteiger partial charge in [0.1, 0.15) is 5.58 Å². The van der Waals surface area contributed by atoms with E-state index < -0.39 is 0 Å². The molecule has 2 heterocycles. The standard InChI is InChI=1S/C22H24N2O2/c1-16-12-17(2)22-18(15-26-20(22)13-16)14-21(25)24-10-8-23(9-11-24)19-6-4-3-5-7-19/h3-7,12-13,15H,8-11,14H2,1-2H3. The molecule has 1 aromatic heterocycles. The number of piperazine rings is 1. The number of carbonyl (C=O) groups is 1. The van der Waals surface area contributed by atoms with E-state index in [9.17, 15) is 4.79 Å². The van der Waals surface area contributed by atoms with Crippen LogP contribution in [0.5, 0.6) is 0 Å². The maximum Gasteiger partial charge on any atom is 0.227 e. The highest BCUT2D eigenvalue weighted by molar-refractivity contribution is 5.90. The molecule has 1 aliphatic rings. The molecule has 0 spiro atoms. The molecule has 4 nitrogen and oxygen atoms in total. The van der Waals surface area contributed by atoms with Crippen LogP contribution in [-0.4, -0.2) is 37.0 Å². The number of amides is 1. The minimum Gasteiger partial charge on any atom is -0.464 e. The van der Waals surface area contributed by atoms with Crippen LogP contribution in [0.25, 0.3) is 11.0 Å². The first-order chi connectivity index (χ1) is 12.6. The number of nitrogens with zero attached hydrogens (tertiary/aromatic N) is 2. The van der Waals surface area contributed by atoms with Crippen molar-refractivity contribution in [2.45, 2.75) is 20.3 Å². The normalized spacial score (nSPS) is 14.8. The quantitative estimate of drug-likeness (QED) is 0.719. The van der Waals surface area contributed by atoms with Crippen LogP contribution in [-0.2, 0) is 11.2 Å². The second kappa shape index (κ2) is 6.87. The lowest BCUT2D eigenvalue weighted by Crippen LogP contribution is -2.49. The molecular weight excluding hydrogens is 324 g/mol. The van der Waals surface area contributed by atoms with Gasteiger partial charge in [0, 0.05) is 42.8 Å². The van der Waals surface area contributed by atoms with E-state index in [1.807, 2.05) is 17.0 Å². The van der Waals surface area contributed by atoms with Gasteiger partial charge in [-0.15, -0.1) is 0 Å². The first-order valence-electron chi connectivity index (χ1n) is 9.17. The Labute approximate surface area is 154 Å². The summed E-state index contributed by atoms with van der Waals surface area (Å²) in [5.74, 6) is 0.181.